The normalized spacial score (nSPS) is 10.4. The summed E-state index contributed by atoms with van der Waals surface area (Å²) in [7, 11) is 0. The second kappa shape index (κ2) is 10.3. The molecule has 0 unspecified atom stereocenters. The Morgan fingerprint density at radius 3 is 2.23 bits per heavy atom. The average molecular weight is 358 g/mol. The van der Waals surface area contributed by atoms with Gasteiger partial charge in [-0.05, 0) is 55.2 Å². The number of carboxylic acid groups (broad SMARTS) is 1. The number of rotatable bonds is 11. The van der Waals surface area contributed by atoms with Crippen molar-refractivity contribution in [1.29, 1.82) is 0 Å². The summed E-state index contributed by atoms with van der Waals surface area (Å²) in [5.74, 6) is 1.27. The number of hydrogen-bond acceptors (Lipinski definition) is 4. The van der Waals surface area contributed by atoms with E-state index in [2.05, 4.69) is 19.1 Å². The molecule has 0 amide bonds. The van der Waals surface area contributed by atoms with Gasteiger partial charge in [-0.1, -0.05) is 25.1 Å². The van der Waals surface area contributed by atoms with Crippen LogP contribution in [0.1, 0.15) is 31.4 Å². The summed E-state index contributed by atoms with van der Waals surface area (Å²) in [6.45, 7) is 5.35. The van der Waals surface area contributed by atoms with E-state index in [0.717, 1.165) is 17.7 Å². The SMILES string of the molecule is CCOc1cc(CCC(=O)O)ccc1OCCOc1ccc(CC)cc1. The van der Waals surface area contributed by atoms with Crippen LogP contribution in [0.5, 0.6) is 17.2 Å². The molecular weight excluding hydrogens is 332 g/mol. The summed E-state index contributed by atoms with van der Waals surface area (Å²) >= 11 is 0. The van der Waals surface area contributed by atoms with Gasteiger partial charge in [0, 0.05) is 6.42 Å². The highest BCUT2D eigenvalue weighted by atomic mass is 16.5. The van der Waals surface area contributed by atoms with Gasteiger partial charge >= 0.3 is 5.97 Å². The minimum atomic E-state index is -0.813. The molecule has 1 N–H and O–H groups in total. The zero-order chi connectivity index (χ0) is 18.8. The highest BCUT2D eigenvalue weighted by Gasteiger charge is 2.08. The molecule has 0 bridgehead atoms. The summed E-state index contributed by atoms with van der Waals surface area (Å²) in [6.07, 6.45) is 1.56. The Morgan fingerprint density at radius 1 is 0.885 bits per heavy atom. The van der Waals surface area contributed by atoms with Crippen LogP contribution in [0.4, 0.5) is 0 Å². The molecule has 0 atom stereocenters. The lowest BCUT2D eigenvalue weighted by atomic mass is 10.1. The molecule has 0 aliphatic heterocycles. The van der Waals surface area contributed by atoms with Gasteiger partial charge in [-0.3, -0.25) is 4.79 Å². The first-order valence-electron chi connectivity index (χ1n) is 8.94. The lowest BCUT2D eigenvalue weighted by Crippen LogP contribution is -2.10. The Labute approximate surface area is 154 Å². The quantitative estimate of drug-likeness (QED) is 0.612. The molecular formula is C21H26O5. The van der Waals surface area contributed by atoms with Crippen molar-refractivity contribution in [1.82, 2.24) is 0 Å². The van der Waals surface area contributed by atoms with Crippen molar-refractivity contribution in [2.75, 3.05) is 19.8 Å². The van der Waals surface area contributed by atoms with E-state index >= 15 is 0 Å². The molecule has 26 heavy (non-hydrogen) atoms. The van der Waals surface area contributed by atoms with Crippen LogP contribution in [0.25, 0.3) is 0 Å². The first-order valence-corrected chi connectivity index (χ1v) is 8.94. The van der Waals surface area contributed by atoms with Crippen LogP contribution in [0, 0.1) is 0 Å². The second-order valence-electron chi connectivity index (χ2n) is 5.80. The first kappa shape index (κ1) is 19.6. The lowest BCUT2D eigenvalue weighted by Gasteiger charge is -2.14. The van der Waals surface area contributed by atoms with Crippen LogP contribution in [0.15, 0.2) is 42.5 Å². The maximum Gasteiger partial charge on any atom is 0.303 e. The van der Waals surface area contributed by atoms with Crippen molar-refractivity contribution in [3.63, 3.8) is 0 Å². The van der Waals surface area contributed by atoms with Crippen LogP contribution in [0.2, 0.25) is 0 Å². The maximum atomic E-state index is 10.7. The molecule has 140 valence electrons. The Morgan fingerprint density at radius 2 is 1.58 bits per heavy atom. The van der Waals surface area contributed by atoms with Gasteiger partial charge in [0.05, 0.1) is 6.61 Å². The van der Waals surface area contributed by atoms with Crippen LogP contribution in [-0.2, 0) is 17.6 Å². The number of ether oxygens (including phenoxy) is 3. The van der Waals surface area contributed by atoms with Crippen LogP contribution in [-0.4, -0.2) is 30.9 Å². The van der Waals surface area contributed by atoms with E-state index in [-0.39, 0.29) is 6.42 Å². The van der Waals surface area contributed by atoms with E-state index in [9.17, 15) is 4.79 Å². The van der Waals surface area contributed by atoms with Crippen molar-refractivity contribution in [3.8, 4) is 17.2 Å². The fourth-order valence-electron chi connectivity index (χ4n) is 2.48. The van der Waals surface area contributed by atoms with E-state index in [1.807, 2.05) is 37.3 Å². The summed E-state index contributed by atoms with van der Waals surface area (Å²) in [5, 5.41) is 8.80. The summed E-state index contributed by atoms with van der Waals surface area (Å²) in [6, 6.07) is 13.6. The molecule has 2 rings (SSSR count). The Kier molecular flexibility index (Phi) is 7.80. The molecule has 0 saturated heterocycles. The second-order valence-corrected chi connectivity index (χ2v) is 5.80. The Balaban J connectivity index is 1.87. The van der Waals surface area contributed by atoms with Crippen LogP contribution in [0.3, 0.4) is 0 Å². The van der Waals surface area contributed by atoms with Crippen molar-refractivity contribution in [3.05, 3.63) is 53.6 Å². The van der Waals surface area contributed by atoms with Gasteiger partial charge in [-0.25, -0.2) is 0 Å². The molecule has 0 aliphatic carbocycles. The third-order valence-electron chi connectivity index (χ3n) is 3.88. The van der Waals surface area contributed by atoms with E-state index in [1.165, 1.54) is 5.56 Å². The molecule has 2 aromatic carbocycles. The number of benzene rings is 2. The van der Waals surface area contributed by atoms with Crippen molar-refractivity contribution in [2.24, 2.45) is 0 Å². The van der Waals surface area contributed by atoms with Gasteiger partial charge in [0.1, 0.15) is 19.0 Å². The first-order chi connectivity index (χ1) is 12.6. The summed E-state index contributed by atoms with van der Waals surface area (Å²) < 4.78 is 17.1. The van der Waals surface area contributed by atoms with Gasteiger partial charge in [0.15, 0.2) is 11.5 Å². The van der Waals surface area contributed by atoms with E-state index in [4.69, 9.17) is 19.3 Å². The van der Waals surface area contributed by atoms with Gasteiger partial charge in [-0.2, -0.15) is 0 Å². The molecule has 0 aliphatic rings. The number of aryl methyl sites for hydroxylation is 2. The monoisotopic (exact) mass is 358 g/mol. The number of carboxylic acids is 1. The van der Waals surface area contributed by atoms with Gasteiger partial charge in [0.25, 0.3) is 0 Å². The largest absolute Gasteiger partial charge is 0.490 e. The number of aliphatic carboxylic acids is 1. The van der Waals surface area contributed by atoms with Gasteiger partial charge in [-0.15, -0.1) is 0 Å². The molecule has 0 fully saturated rings. The molecule has 0 saturated carbocycles. The molecule has 0 aromatic heterocycles. The van der Waals surface area contributed by atoms with Gasteiger partial charge in [0.2, 0.25) is 0 Å². The lowest BCUT2D eigenvalue weighted by molar-refractivity contribution is -0.136. The third-order valence-corrected chi connectivity index (χ3v) is 3.88. The molecule has 5 nitrogen and oxygen atoms in total. The molecule has 0 spiro atoms. The van der Waals surface area contributed by atoms with E-state index in [1.54, 1.807) is 0 Å². The summed E-state index contributed by atoms with van der Waals surface area (Å²) in [4.78, 5) is 10.7. The minimum Gasteiger partial charge on any atom is -0.490 e. The number of carbonyl (C=O) groups is 1. The predicted molar refractivity (Wildman–Crippen MR) is 100 cm³/mol. The number of hydrogen-bond donors (Lipinski definition) is 1. The average Bonchev–Trinajstić information content (AvgIpc) is 2.65. The predicted octanol–water partition coefficient (Wildman–Crippen LogP) is 4.12. The Bertz CT molecular complexity index is 694. The molecule has 0 heterocycles. The van der Waals surface area contributed by atoms with Gasteiger partial charge < -0.3 is 19.3 Å². The standard InChI is InChI=1S/C21H26O5/c1-3-16-5-9-18(10-6-16)25-13-14-26-19-11-7-17(8-12-21(22)23)15-20(19)24-4-2/h5-7,9-11,15H,3-4,8,12-14H2,1-2H3,(H,22,23). The smallest absolute Gasteiger partial charge is 0.303 e. The molecule has 0 radical (unpaired) electrons. The van der Waals surface area contributed by atoms with Crippen molar-refractivity contribution in [2.45, 2.75) is 33.1 Å². The van der Waals surface area contributed by atoms with Crippen molar-refractivity contribution >= 4 is 5.97 Å². The molecule has 2 aromatic rings. The Hall–Kier alpha value is -2.69. The fourth-order valence-corrected chi connectivity index (χ4v) is 2.48. The van der Waals surface area contributed by atoms with E-state index in [0.29, 0.717) is 37.7 Å². The van der Waals surface area contributed by atoms with Crippen LogP contribution >= 0.6 is 0 Å². The van der Waals surface area contributed by atoms with Crippen LogP contribution < -0.4 is 14.2 Å². The summed E-state index contributed by atoms with van der Waals surface area (Å²) in [5.41, 5.74) is 2.19. The topological polar surface area (TPSA) is 65.0 Å². The maximum absolute atomic E-state index is 10.7. The van der Waals surface area contributed by atoms with Crippen molar-refractivity contribution < 1.29 is 24.1 Å². The minimum absolute atomic E-state index is 0.0937. The zero-order valence-corrected chi connectivity index (χ0v) is 15.4. The molecule has 5 heteroatoms. The highest BCUT2D eigenvalue weighted by Crippen LogP contribution is 2.29. The van der Waals surface area contributed by atoms with E-state index < -0.39 is 5.97 Å². The highest BCUT2D eigenvalue weighted by molar-refractivity contribution is 5.67. The third kappa shape index (κ3) is 6.31. The fraction of sp³-hybridized carbons (Fsp3) is 0.381. The zero-order valence-electron chi connectivity index (χ0n) is 15.4.